The molecule has 0 bridgehead atoms. The monoisotopic (exact) mass is 285 g/mol. The van der Waals surface area contributed by atoms with Gasteiger partial charge in [0.1, 0.15) is 0 Å². The van der Waals surface area contributed by atoms with Crippen molar-refractivity contribution < 1.29 is 9.53 Å². The van der Waals surface area contributed by atoms with E-state index in [-0.39, 0.29) is 18.3 Å². The summed E-state index contributed by atoms with van der Waals surface area (Å²) in [6.07, 6.45) is 4.08. The van der Waals surface area contributed by atoms with Crippen LogP contribution in [0.1, 0.15) is 18.5 Å². The average Bonchev–Trinajstić information content (AvgIpc) is 2.40. The summed E-state index contributed by atoms with van der Waals surface area (Å²) < 4.78 is 5.37. The van der Waals surface area contributed by atoms with Crippen LogP contribution >= 0.6 is 12.4 Å². The van der Waals surface area contributed by atoms with Crippen LogP contribution in [0.3, 0.4) is 0 Å². The number of amides is 1. The highest BCUT2D eigenvalue weighted by atomic mass is 35.5. The molecular formula is C13H20ClN3O2. The van der Waals surface area contributed by atoms with E-state index in [1.165, 1.54) is 0 Å². The predicted octanol–water partition coefficient (Wildman–Crippen LogP) is 1.17. The van der Waals surface area contributed by atoms with Gasteiger partial charge in [-0.2, -0.15) is 0 Å². The van der Waals surface area contributed by atoms with Gasteiger partial charge in [0.2, 0.25) is 5.91 Å². The van der Waals surface area contributed by atoms with Gasteiger partial charge in [-0.1, -0.05) is 0 Å². The van der Waals surface area contributed by atoms with Crippen LogP contribution in [0.5, 0.6) is 0 Å². The Morgan fingerprint density at radius 2 is 2.37 bits per heavy atom. The normalized spacial score (nSPS) is 18.4. The molecular weight excluding hydrogens is 266 g/mol. The minimum absolute atomic E-state index is 0. The number of nitrogens with zero attached hydrogens (tertiary/aromatic N) is 1. The number of carbonyl (C=O) groups is 1. The van der Waals surface area contributed by atoms with Crippen molar-refractivity contribution in [3.63, 3.8) is 0 Å². The Hall–Kier alpha value is -1.33. The summed E-state index contributed by atoms with van der Waals surface area (Å²) in [4.78, 5) is 15.8. The van der Waals surface area contributed by atoms with Gasteiger partial charge < -0.3 is 15.8 Å². The molecule has 5 nitrogen and oxygen atoms in total. The highest BCUT2D eigenvalue weighted by Gasteiger charge is 2.14. The van der Waals surface area contributed by atoms with Crippen LogP contribution in [-0.2, 0) is 16.0 Å². The first kappa shape index (κ1) is 15.7. The molecule has 1 aromatic heterocycles. The zero-order valence-electron chi connectivity index (χ0n) is 10.8. The molecule has 6 heteroatoms. The molecule has 0 radical (unpaired) electrons. The lowest BCUT2D eigenvalue weighted by molar-refractivity contribution is -0.120. The van der Waals surface area contributed by atoms with E-state index in [0.29, 0.717) is 24.6 Å². The van der Waals surface area contributed by atoms with Gasteiger partial charge in [0.25, 0.3) is 0 Å². The van der Waals surface area contributed by atoms with E-state index < -0.39 is 0 Å². The Bertz CT molecular complexity index is 391. The summed E-state index contributed by atoms with van der Waals surface area (Å²) in [5.74, 6) is 0.444. The second-order valence-corrected chi connectivity index (χ2v) is 4.65. The number of pyridine rings is 1. The van der Waals surface area contributed by atoms with Crippen LogP contribution in [0.4, 0.5) is 5.69 Å². The lowest BCUT2D eigenvalue weighted by Crippen LogP contribution is -2.34. The van der Waals surface area contributed by atoms with E-state index >= 15 is 0 Å². The number of nitrogens with one attached hydrogen (secondary N) is 1. The second kappa shape index (κ2) is 7.96. The maximum Gasteiger partial charge on any atom is 0.226 e. The van der Waals surface area contributed by atoms with Crippen molar-refractivity contribution in [3.05, 3.63) is 24.0 Å². The average molecular weight is 286 g/mol. The van der Waals surface area contributed by atoms with Crippen LogP contribution < -0.4 is 11.1 Å². The molecule has 106 valence electrons. The minimum atomic E-state index is -0.00200. The Morgan fingerprint density at radius 1 is 1.53 bits per heavy atom. The Morgan fingerprint density at radius 3 is 3.00 bits per heavy atom. The fourth-order valence-electron chi connectivity index (χ4n) is 1.99. The molecule has 0 saturated carbocycles. The first-order chi connectivity index (χ1) is 8.74. The van der Waals surface area contributed by atoms with Gasteiger partial charge >= 0.3 is 0 Å². The molecule has 19 heavy (non-hydrogen) atoms. The van der Waals surface area contributed by atoms with E-state index in [9.17, 15) is 4.79 Å². The van der Waals surface area contributed by atoms with E-state index in [4.69, 9.17) is 10.5 Å². The Balaban J connectivity index is 0.00000180. The number of hydrogen-bond acceptors (Lipinski definition) is 4. The van der Waals surface area contributed by atoms with Crippen molar-refractivity contribution in [2.24, 2.45) is 5.92 Å². The van der Waals surface area contributed by atoms with Gasteiger partial charge in [0.15, 0.2) is 0 Å². The van der Waals surface area contributed by atoms with Crippen molar-refractivity contribution in [3.8, 4) is 0 Å². The Labute approximate surface area is 119 Å². The third-order valence-electron chi connectivity index (χ3n) is 3.03. The van der Waals surface area contributed by atoms with Gasteiger partial charge in [-0.3, -0.25) is 9.78 Å². The SMILES string of the molecule is Cl.Nc1ccc(CC(=O)NCC2CCCOC2)nc1. The lowest BCUT2D eigenvalue weighted by Gasteiger charge is -2.22. The number of carbonyl (C=O) groups excluding carboxylic acids is 1. The number of ether oxygens (including phenoxy) is 1. The first-order valence-corrected chi connectivity index (χ1v) is 6.29. The van der Waals surface area contributed by atoms with Gasteiger partial charge in [-0.05, 0) is 30.9 Å². The largest absolute Gasteiger partial charge is 0.397 e. The van der Waals surface area contributed by atoms with E-state index in [0.717, 1.165) is 31.7 Å². The number of aromatic nitrogens is 1. The second-order valence-electron chi connectivity index (χ2n) is 4.65. The van der Waals surface area contributed by atoms with Crippen molar-refractivity contribution in [2.45, 2.75) is 19.3 Å². The summed E-state index contributed by atoms with van der Waals surface area (Å²) in [5, 5.41) is 2.93. The molecule has 1 aliphatic rings. The van der Waals surface area contributed by atoms with Gasteiger partial charge in [0.05, 0.1) is 24.9 Å². The molecule has 2 rings (SSSR count). The number of rotatable bonds is 4. The minimum Gasteiger partial charge on any atom is -0.397 e. The summed E-state index contributed by atoms with van der Waals surface area (Å²) in [7, 11) is 0. The van der Waals surface area contributed by atoms with Crippen LogP contribution in [0.2, 0.25) is 0 Å². The molecule has 0 aromatic carbocycles. The third kappa shape index (κ3) is 5.44. The molecule has 1 fully saturated rings. The number of halogens is 1. The maximum atomic E-state index is 11.7. The number of hydrogen-bond donors (Lipinski definition) is 2. The molecule has 1 aromatic rings. The zero-order valence-corrected chi connectivity index (χ0v) is 11.6. The first-order valence-electron chi connectivity index (χ1n) is 6.29. The highest BCUT2D eigenvalue weighted by molar-refractivity contribution is 5.85. The number of anilines is 1. The predicted molar refractivity (Wildman–Crippen MR) is 76.2 cm³/mol. The highest BCUT2D eigenvalue weighted by Crippen LogP contribution is 2.12. The van der Waals surface area contributed by atoms with E-state index in [1.54, 1.807) is 18.3 Å². The van der Waals surface area contributed by atoms with E-state index in [2.05, 4.69) is 10.3 Å². The van der Waals surface area contributed by atoms with E-state index in [1.807, 2.05) is 0 Å². The lowest BCUT2D eigenvalue weighted by atomic mass is 10.0. The third-order valence-corrected chi connectivity index (χ3v) is 3.03. The molecule has 0 spiro atoms. The topological polar surface area (TPSA) is 77.2 Å². The quantitative estimate of drug-likeness (QED) is 0.871. The van der Waals surface area contributed by atoms with Crippen LogP contribution in [0, 0.1) is 5.92 Å². The van der Waals surface area contributed by atoms with Gasteiger partial charge in [-0.25, -0.2) is 0 Å². The summed E-state index contributed by atoms with van der Waals surface area (Å²) in [6.45, 7) is 2.29. The number of nitrogen functional groups attached to an aromatic ring is 1. The van der Waals surface area contributed by atoms with Crippen molar-refractivity contribution in [1.82, 2.24) is 10.3 Å². The molecule has 1 amide bonds. The molecule has 1 unspecified atom stereocenters. The summed E-state index contributed by atoms with van der Waals surface area (Å²) in [5.41, 5.74) is 6.88. The van der Waals surface area contributed by atoms with Gasteiger partial charge in [0, 0.05) is 18.8 Å². The maximum absolute atomic E-state index is 11.7. The smallest absolute Gasteiger partial charge is 0.226 e. The molecule has 1 saturated heterocycles. The van der Waals surface area contributed by atoms with Gasteiger partial charge in [-0.15, -0.1) is 12.4 Å². The van der Waals surface area contributed by atoms with Crippen LogP contribution in [0.15, 0.2) is 18.3 Å². The fraction of sp³-hybridized carbons (Fsp3) is 0.538. The standard InChI is InChI=1S/C13H19N3O2.ClH/c14-11-3-4-12(15-8-11)6-13(17)16-7-10-2-1-5-18-9-10;/h3-4,8,10H,1-2,5-7,9,14H2,(H,16,17);1H. The summed E-state index contributed by atoms with van der Waals surface area (Å²) >= 11 is 0. The summed E-state index contributed by atoms with van der Waals surface area (Å²) in [6, 6.07) is 3.53. The number of nitrogens with two attached hydrogens (primary N) is 1. The Kier molecular flexibility index (Phi) is 6.59. The molecule has 1 aliphatic heterocycles. The van der Waals surface area contributed by atoms with Crippen molar-refractivity contribution in [2.75, 3.05) is 25.5 Å². The molecule has 3 N–H and O–H groups in total. The van der Waals surface area contributed by atoms with Crippen LogP contribution in [-0.4, -0.2) is 30.6 Å². The molecule has 0 aliphatic carbocycles. The zero-order chi connectivity index (χ0) is 12.8. The van der Waals surface area contributed by atoms with Crippen molar-refractivity contribution >= 4 is 24.0 Å². The van der Waals surface area contributed by atoms with Crippen LogP contribution in [0.25, 0.3) is 0 Å². The molecule has 1 atom stereocenters. The van der Waals surface area contributed by atoms with Crippen molar-refractivity contribution in [1.29, 1.82) is 0 Å². The fourth-order valence-corrected chi connectivity index (χ4v) is 1.99. The molecule has 2 heterocycles.